The zero-order chi connectivity index (χ0) is 8.27. The van der Waals surface area contributed by atoms with Crippen LogP contribution in [0.1, 0.15) is 0 Å². The molecule has 1 aromatic rings. The van der Waals surface area contributed by atoms with E-state index in [4.69, 9.17) is 0 Å². The van der Waals surface area contributed by atoms with Gasteiger partial charge < -0.3 is 0 Å². The summed E-state index contributed by atoms with van der Waals surface area (Å²) in [6.07, 6.45) is 1.61. The molecule has 0 fully saturated rings. The van der Waals surface area contributed by atoms with Crippen molar-refractivity contribution in [3.05, 3.63) is 11.5 Å². The number of aromatic nitrogens is 4. The maximum absolute atomic E-state index is 3.75. The Morgan fingerprint density at radius 3 is 2.55 bits per heavy atom. The van der Waals surface area contributed by atoms with Crippen LogP contribution in [-0.2, 0) is 6.54 Å². The monoisotopic (exact) mass is 488 g/mol. The summed E-state index contributed by atoms with van der Waals surface area (Å²) in [5, 5.41) is 10.8. The highest BCUT2D eigenvalue weighted by Crippen LogP contribution is 2.25. The SMILES string of the molecule is IC(I)=C(I)Cn1cnnn1. The Bertz CT molecular complexity index is 250. The number of hydrogen-bond donors (Lipinski definition) is 0. The third-order valence-electron chi connectivity index (χ3n) is 0.897. The van der Waals surface area contributed by atoms with Gasteiger partial charge in [-0.15, -0.1) is 5.10 Å². The molecular weight excluding hydrogens is 485 g/mol. The highest BCUT2D eigenvalue weighted by Gasteiger charge is 1.98. The molecule has 0 radical (unpaired) electrons. The summed E-state index contributed by atoms with van der Waals surface area (Å²) in [7, 11) is 0. The molecule has 0 N–H and O–H groups in total. The van der Waals surface area contributed by atoms with E-state index >= 15 is 0 Å². The van der Waals surface area contributed by atoms with E-state index in [1.165, 1.54) is 5.17 Å². The maximum atomic E-state index is 3.75. The van der Waals surface area contributed by atoms with Crippen LogP contribution in [0.2, 0.25) is 0 Å². The van der Waals surface area contributed by atoms with Gasteiger partial charge in [0.05, 0.1) is 8.13 Å². The Morgan fingerprint density at radius 2 is 2.09 bits per heavy atom. The van der Waals surface area contributed by atoms with Crippen LogP contribution in [-0.4, -0.2) is 20.2 Å². The van der Waals surface area contributed by atoms with Crippen LogP contribution < -0.4 is 0 Å². The Morgan fingerprint density at radius 1 is 1.36 bits per heavy atom. The Balaban J connectivity index is 2.65. The molecular formula is C4H3I3N4. The summed E-state index contributed by atoms with van der Waals surface area (Å²) >= 11 is 6.82. The number of allylic oxidation sites excluding steroid dienone is 1. The molecule has 11 heavy (non-hydrogen) atoms. The molecule has 0 aliphatic rings. The van der Waals surface area contributed by atoms with Crippen LogP contribution in [0.4, 0.5) is 0 Å². The summed E-state index contributed by atoms with van der Waals surface area (Å²) in [6.45, 7) is 0.759. The lowest BCUT2D eigenvalue weighted by Gasteiger charge is -1.97. The second kappa shape index (κ2) is 4.89. The first kappa shape index (κ1) is 10.1. The molecule has 1 heterocycles. The van der Waals surface area contributed by atoms with Crippen molar-refractivity contribution in [3.8, 4) is 0 Å². The zero-order valence-corrected chi connectivity index (χ0v) is 11.7. The molecule has 60 valence electrons. The van der Waals surface area contributed by atoms with Crippen molar-refractivity contribution < 1.29 is 0 Å². The average molecular weight is 488 g/mol. The zero-order valence-electron chi connectivity index (χ0n) is 5.21. The van der Waals surface area contributed by atoms with Gasteiger partial charge in [-0.2, -0.15) is 0 Å². The van der Waals surface area contributed by atoms with Gasteiger partial charge in [0.15, 0.2) is 0 Å². The van der Waals surface area contributed by atoms with E-state index in [0.717, 1.165) is 6.54 Å². The van der Waals surface area contributed by atoms with Crippen molar-refractivity contribution in [2.75, 3.05) is 0 Å². The van der Waals surface area contributed by atoms with Gasteiger partial charge in [0, 0.05) is 3.58 Å². The van der Waals surface area contributed by atoms with Crippen molar-refractivity contribution in [3.63, 3.8) is 0 Å². The minimum atomic E-state index is 0.759. The first-order valence-corrected chi connectivity index (χ1v) is 5.84. The van der Waals surface area contributed by atoms with Gasteiger partial charge in [-0.05, 0) is 78.2 Å². The first-order valence-electron chi connectivity index (χ1n) is 2.60. The van der Waals surface area contributed by atoms with E-state index in [1.807, 2.05) is 0 Å². The van der Waals surface area contributed by atoms with Crippen molar-refractivity contribution >= 4 is 67.8 Å². The van der Waals surface area contributed by atoms with Gasteiger partial charge in [-0.3, -0.25) is 0 Å². The van der Waals surface area contributed by atoms with E-state index < -0.39 is 0 Å². The highest BCUT2D eigenvalue weighted by molar-refractivity contribution is 14.2. The molecule has 0 amide bonds. The molecule has 1 rings (SSSR count). The largest absolute Gasteiger partial charge is 0.228 e. The normalized spacial score (nSPS) is 9.73. The van der Waals surface area contributed by atoms with Gasteiger partial charge in [-0.1, -0.05) is 0 Å². The lowest BCUT2D eigenvalue weighted by molar-refractivity contribution is 0.658. The minimum absolute atomic E-state index is 0.759. The van der Waals surface area contributed by atoms with Gasteiger partial charge in [-0.25, -0.2) is 4.68 Å². The van der Waals surface area contributed by atoms with Crippen LogP contribution in [0.3, 0.4) is 0 Å². The molecule has 0 aliphatic heterocycles. The second-order valence-electron chi connectivity index (χ2n) is 1.67. The van der Waals surface area contributed by atoms with Gasteiger partial charge >= 0.3 is 0 Å². The fourth-order valence-electron chi connectivity index (χ4n) is 0.455. The lowest BCUT2D eigenvalue weighted by atomic mass is 10.6. The van der Waals surface area contributed by atoms with Crippen LogP contribution >= 0.6 is 67.8 Å². The van der Waals surface area contributed by atoms with Crippen molar-refractivity contribution in [2.45, 2.75) is 6.54 Å². The van der Waals surface area contributed by atoms with Crippen molar-refractivity contribution in [1.29, 1.82) is 0 Å². The number of hydrogen-bond acceptors (Lipinski definition) is 3. The summed E-state index contributed by atoms with van der Waals surface area (Å²) in [5.41, 5.74) is 0. The topological polar surface area (TPSA) is 43.6 Å². The Kier molecular flexibility index (Phi) is 4.48. The summed E-state index contributed by atoms with van der Waals surface area (Å²) in [5.74, 6) is 0. The number of tetrazole rings is 1. The van der Waals surface area contributed by atoms with E-state index in [-0.39, 0.29) is 0 Å². The summed E-state index contributed by atoms with van der Waals surface area (Å²) in [6, 6.07) is 0. The van der Waals surface area contributed by atoms with Crippen LogP contribution in [0.15, 0.2) is 11.5 Å². The number of rotatable bonds is 2. The van der Waals surface area contributed by atoms with E-state index in [0.29, 0.717) is 0 Å². The molecule has 4 nitrogen and oxygen atoms in total. The predicted octanol–water partition coefficient (Wildman–Crippen LogP) is 2.15. The minimum Gasteiger partial charge on any atom is -0.228 e. The molecule has 0 aliphatic carbocycles. The second-order valence-corrected chi connectivity index (χ2v) is 7.20. The fourth-order valence-corrected chi connectivity index (χ4v) is 1.15. The maximum Gasteiger partial charge on any atom is 0.138 e. The number of halogens is 3. The fraction of sp³-hybridized carbons (Fsp3) is 0.250. The molecule has 0 saturated heterocycles. The van der Waals surface area contributed by atoms with E-state index in [9.17, 15) is 0 Å². The molecule has 1 aromatic heterocycles. The Hall–Kier alpha value is 1.00. The molecule has 0 saturated carbocycles. The molecule has 0 aromatic carbocycles. The van der Waals surface area contributed by atoms with Gasteiger partial charge in [0.25, 0.3) is 0 Å². The Labute approximate surface area is 105 Å². The molecule has 7 heteroatoms. The molecule has 0 spiro atoms. The standard InChI is InChI=1S/C4H3I3N4/c5-3(4(6)7)1-11-2-8-9-10-11/h2H,1H2. The average Bonchev–Trinajstić information content (AvgIpc) is 2.39. The highest BCUT2D eigenvalue weighted by atomic mass is 127. The van der Waals surface area contributed by atoms with Crippen molar-refractivity contribution in [1.82, 2.24) is 20.2 Å². The van der Waals surface area contributed by atoms with Crippen molar-refractivity contribution in [2.24, 2.45) is 0 Å². The lowest BCUT2D eigenvalue weighted by Crippen LogP contribution is -1.98. The third-order valence-corrected chi connectivity index (χ3v) is 5.14. The van der Waals surface area contributed by atoms with Gasteiger partial charge in [0.1, 0.15) is 6.33 Å². The van der Waals surface area contributed by atoms with Crippen LogP contribution in [0.25, 0.3) is 0 Å². The quantitative estimate of drug-likeness (QED) is 0.601. The third kappa shape index (κ3) is 3.48. The summed E-state index contributed by atoms with van der Waals surface area (Å²) < 4.78 is 4.19. The molecule has 0 atom stereocenters. The predicted molar refractivity (Wildman–Crippen MR) is 66.9 cm³/mol. The van der Waals surface area contributed by atoms with E-state index in [1.54, 1.807) is 11.0 Å². The first-order chi connectivity index (χ1) is 5.20. The van der Waals surface area contributed by atoms with Crippen LogP contribution in [0, 0.1) is 0 Å². The van der Waals surface area contributed by atoms with E-state index in [2.05, 4.69) is 83.3 Å². The van der Waals surface area contributed by atoms with Crippen LogP contribution in [0.5, 0.6) is 0 Å². The number of nitrogens with zero attached hydrogens (tertiary/aromatic N) is 4. The summed E-state index contributed by atoms with van der Waals surface area (Å²) in [4.78, 5) is 0. The smallest absolute Gasteiger partial charge is 0.138 e. The molecule has 0 bridgehead atoms. The molecule has 0 unspecified atom stereocenters. The van der Waals surface area contributed by atoms with Gasteiger partial charge in [0.2, 0.25) is 0 Å².